The molecule has 1 N–H and O–H groups in total. The van der Waals surface area contributed by atoms with E-state index in [-0.39, 0.29) is 16.9 Å². The lowest BCUT2D eigenvalue weighted by Crippen LogP contribution is -2.22. The van der Waals surface area contributed by atoms with E-state index in [0.717, 1.165) is 36.7 Å². The topological polar surface area (TPSA) is 71.3 Å². The first kappa shape index (κ1) is 22.5. The van der Waals surface area contributed by atoms with Gasteiger partial charge in [0, 0.05) is 23.7 Å². The van der Waals surface area contributed by atoms with Crippen molar-refractivity contribution in [3.05, 3.63) is 53.1 Å². The number of hydrogen-bond donors (Lipinski definition) is 1. The molecule has 1 aromatic heterocycles. The zero-order valence-electron chi connectivity index (χ0n) is 16.7. The lowest BCUT2D eigenvalue weighted by Gasteiger charge is -2.23. The predicted molar refractivity (Wildman–Crippen MR) is 117 cm³/mol. The maximum absolute atomic E-state index is 13.2. The average molecular weight is 483 g/mol. The van der Waals surface area contributed by atoms with Gasteiger partial charge in [0.2, 0.25) is 11.8 Å². The van der Waals surface area contributed by atoms with Gasteiger partial charge in [-0.05, 0) is 55.3 Å². The van der Waals surface area contributed by atoms with Crippen LogP contribution in [0.3, 0.4) is 0 Å². The molecule has 2 heterocycles. The SMILES string of the molecule is O=C(CSc1nnc(-c2ccc(Cl)cc2)o1)Nc1ccc(C(F)(F)F)cc1N1CCCC1. The minimum Gasteiger partial charge on any atom is -0.411 e. The fourth-order valence-electron chi connectivity index (χ4n) is 3.32. The Bertz CT molecular complexity index is 1100. The summed E-state index contributed by atoms with van der Waals surface area (Å²) in [6.45, 7) is 1.29. The quantitative estimate of drug-likeness (QED) is 0.452. The molecule has 11 heteroatoms. The molecule has 3 aromatic rings. The summed E-state index contributed by atoms with van der Waals surface area (Å²) < 4.78 is 45.0. The van der Waals surface area contributed by atoms with Crippen LogP contribution < -0.4 is 10.2 Å². The summed E-state index contributed by atoms with van der Waals surface area (Å²) in [6, 6.07) is 10.2. The number of carbonyl (C=O) groups excluding carboxylic acids is 1. The van der Waals surface area contributed by atoms with Gasteiger partial charge >= 0.3 is 6.18 Å². The van der Waals surface area contributed by atoms with E-state index < -0.39 is 11.7 Å². The highest BCUT2D eigenvalue weighted by molar-refractivity contribution is 7.99. The predicted octanol–water partition coefficient (Wildman–Crippen LogP) is 5.74. The molecule has 1 fully saturated rings. The number of benzene rings is 2. The number of nitrogens with zero attached hydrogens (tertiary/aromatic N) is 3. The van der Waals surface area contributed by atoms with Gasteiger partial charge in [-0.15, -0.1) is 10.2 Å². The molecule has 1 amide bonds. The van der Waals surface area contributed by atoms with E-state index in [2.05, 4.69) is 15.5 Å². The first-order chi connectivity index (χ1) is 15.3. The second-order valence-corrected chi connectivity index (χ2v) is 8.50. The lowest BCUT2D eigenvalue weighted by atomic mass is 10.1. The molecule has 6 nitrogen and oxygen atoms in total. The van der Waals surface area contributed by atoms with Crippen LogP contribution in [0.5, 0.6) is 0 Å². The van der Waals surface area contributed by atoms with Crippen molar-refractivity contribution in [3.8, 4) is 11.5 Å². The number of rotatable bonds is 6. The minimum absolute atomic E-state index is 0.0390. The Kier molecular flexibility index (Phi) is 6.61. The summed E-state index contributed by atoms with van der Waals surface area (Å²) in [4.78, 5) is 14.3. The van der Waals surface area contributed by atoms with Crippen molar-refractivity contribution in [2.24, 2.45) is 0 Å². The third kappa shape index (κ3) is 5.36. The van der Waals surface area contributed by atoms with Crippen molar-refractivity contribution in [2.75, 3.05) is 29.1 Å². The van der Waals surface area contributed by atoms with Gasteiger partial charge in [-0.2, -0.15) is 13.2 Å². The highest BCUT2D eigenvalue weighted by Crippen LogP contribution is 2.37. The molecule has 32 heavy (non-hydrogen) atoms. The molecule has 168 valence electrons. The van der Waals surface area contributed by atoms with E-state index in [1.165, 1.54) is 6.07 Å². The van der Waals surface area contributed by atoms with Crippen LogP contribution in [0, 0.1) is 0 Å². The van der Waals surface area contributed by atoms with Gasteiger partial charge in [-0.1, -0.05) is 23.4 Å². The number of aromatic nitrogens is 2. The summed E-state index contributed by atoms with van der Waals surface area (Å²) in [5.41, 5.74) is 0.668. The van der Waals surface area contributed by atoms with Crippen molar-refractivity contribution >= 4 is 40.6 Å². The van der Waals surface area contributed by atoms with Crippen molar-refractivity contribution in [1.82, 2.24) is 10.2 Å². The third-order valence-corrected chi connectivity index (χ3v) is 5.94. The molecular weight excluding hydrogens is 465 g/mol. The maximum Gasteiger partial charge on any atom is 0.416 e. The molecule has 0 atom stereocenters. The molecule has 0 aliphatic carbocycles. The number of carbonyl (C=O) groups is 1. The number of anilines is 2. The monoisotopic (exact) mass is 482 g/mol. The molecule has 1 aliphatic heterocycles. The third-order valence-electron chi connectivity index (χ3n) is 4.87. The first-order valence-electron chi connectivity index (χ1n) is 9.78. The molecule has 0 unspecified atom stereocenters. The van der Waals surface area contributed by atoms with Gasteiger partial charge < -0.3 is 14.6 Å². The number of amides is 1. The van der Waals surface area contributed by atoms with Crippen molar-refractivity contribution < 1.29 is 22.4 Å². The zero-order valence-corrected chi connectivity index (χ0v) is 18.2. The zero-order chi connectivity index (χ0) is 22.7. The molecule has 2 aromatic carbocycles. The average Bonchev–Trinajstić information content (AvgIpc) is 3.45. The molecule has 1 saturated heterocycles. The fourth-order valence-corrected chi connectivity index (χ4v) is 4.01. The smallest absolute Gasteiger partial charge is 0.411 e. The number of thioether (sulfide) groups is 1. The Morgan fingerprint density at radius 2 is 1.84 bits per heavy atom. The normalized spacial score (nSPS) is 14.1. The molecule has 0 radical (unpaired) electrons. The van der Waals surface area contributed by atoms with Crippen LogP contribution in [0.4, 0.5) is 24.5 Å². The number of hydrogen-bond acceptors (Lipinski definition) is 6. The molecule has 4 rings (SSSR count). The highest BCUT2D eigenvalue weighted by atomic mass is 35.5. The van der Waals surface area contributed by atoms with Crippen molar-refractivity contribution in [2.45, 2.75) is 24.2 Å². The van der Waals surface area contributed by atoms with Crippen molar-refractivity contribution in [1.29, 1.82) is 0 Å². The van der Waals surface area contributed by atoms with Crippen LogP contribution in [-0.2, 0) is 11.0 Å². The summed E-state index contributed by atoms with van der Waals surface area (Å²) in [6.07, 6.45) is -2.66. The van der Waals surface area contributed by atoms with Crippen LogP contribution in [0.25, 0.3) is 11.5 Å². The number of alkyl halides is 3. The van der Waals surface area contributed by atoms with Gasteiger partial charge in [-0.25, -0.2) is 0 Å². The molecule has 0 spiro atoms. The number of halogens is 4. The second kappa shape index (κ2) is 9.41. The van der Waals surface area contributed by atoms with E-state index in [0.29, 0.717) is 40.9 Å². The van der Waals surface area contributed by atoms with Crippen molar-refractivity contribution in [3.63, 3.8) is 0 Å². The van der Waals surface area contributed by atoms with E-state index in [4.69, 9.17) is 16.0 Å². The van der Waals surface area contributed by atoms with Crippen LogP contribution in [0.2, 0.25) is 5.02 Å². The van der Waals surface area contributed by atoms with Gasteiger partial charge in [0.25, 0.3) is 5.22 Å². The van der Waals surface area contributed by atoms with Gasteiger partial charge in [0.15, 0.2) is 0 Å². The summed E-state index contributed by atoms with van der Waals surface area (Å²) in [5.74, 6) is -0.131. The summed E-state index contributed by atoms with van der Waals surface area (Å²) in [5, 5.41) is 11.4. The van der Waals surface area contributed by atoms with E-state index in [9.17, 15) is 18.0 Å². The highest BCUT2D eigenvalue weighted by Gasteiger charge is 2.32. The Morgan fingerprint density at radius 1 is 1.12 bits per heavy atom. The first-order valence-corrected chi connectivity index (χ1v) is 11.1. The Balaban J connectivity index is 1.42. The van der Waals surface area contributed by atoms with Gasteiger partial charge in [0.1, 0.15) is 0 Å². The largest absolute Gasteiger partial charge is 0.416 e. The molecule has 1 aliphatic rings. The molecule has 0 bridgehead atoms. The standard InChI is InChI=1S/C21H18ClF3N4O2S/c22-15-6-3-13(4-7-15)19-27-28-20(31-19)32-12-18(30)26-16-8-5-14(21(23,24)25)11-17(16)29-9-1-2-10-29/h3-8,11H,1-2,9-10,12H2,(H,26,30). The van der Waals surface area contributed by atoms with E-state index in [1.807, 2.05) is 4.90 Å². The van der Waals surface area contributed by atoms with Gasteiger partial charge in [0.05, 0.1) is 22.7 Å². The Labute approximate surface area is 191 Å². The van der Waals surface area contributed by atoms with Crippen LogP contribution in [0.1, 0.15) is 18.4 Å². The minimum atomic E-state index is -4.45. The lowest BCUT2D eigenvalue weighted by molar-refractivity contribution is -0.137. The van der Waals surface area contributed by atoms with Crippen LogP contribution >= 0.6 is 23.4 Å². The molecule has 0 saturated carbocycles. The van der Waals surface area contributed by atoms with Gasteiger partial charge in [-0.3, -0.25) is 4.79 Å². The molecular formula is C21H18ClF3N4O2S. The van der Waals surface area contributed by atoms with E-state index in [1.54, 1.807) is 24.3 Å². The van der Waals surface area contributed by atoms with Crippen LogP contribution in [0.15, 0.2) is 52.1 Å². The van der Waals surface area contributed by atoms with Crippen LogP contribution in [-0.4, -0.2) is 34.9 Å². The fraction of sp³-hybridized carbons (Fsp3) is 0.286. The summed E-state index contributed by atoms with van der Waals surface area (Å²) >= 11 is 6.90. The Hall–Kier alpha value is -2.72. The maximum atomic E-state index is 13.2. The number of nitrogens with one attached hydrogen (secondary N) is 1. The van der Waals surface area contributed by atoms with E-state index >= 15 is 0 Å². The second-order valence-electron chi connectivity index (χ2n) is 7.14. The Morgan fingerprint density at radius 3 is 2.53 bits per heavy atom. The summed E-state index contributed by atoms with van der Waals surface area (Å²) in [7, 11) is 0.